The number of phenols is 1. The summed E-state index contributed by atoms with van der Waals surface area (Å²) in [7, 11) is 1.50. The summed E-state index contributed by atoms with van der Waals surface area (Å²) in [5.41, 5.74) is 7.66. The third kappa shape index (κ3) is 2.92. The molecule has 5 nitrogen and oxygen atoms in total. The van der Waals surface area contributed by atoms with Crippen molar-refractivity contribution < 1.29 is 19.1 Å². The summed E-state index contributed by atoms with van der Waals surface area (Å²) >= 11 is 1.56. The first-order valence-electron chi connectivity index (χ1n) is 7.28. The minimum absolute atomic E-state index is 0.0757. The Morgan fingerprint density at radius 3 is 2.75 bits per heavy atom. The summed E-state index contributed by atoms with van der Waals surface area (Å²) in [6.07, 6.45) is 2.16. The second-order valence-corrected chi connectivity index (χ2v) is 6.14. The summed E-state index contributed by atoms with van der Waals surface area (Å²) in [5.74, 6) is 0.792. The molecule has 3 aromatic rings. The van der Waals surface area contributed by atoms with Gasteiger partial charge in [-0.25, -0.2) is 0 Å². The van der Waals surface area contributed by atoms with Gasteiger partial charge >= 0.3 is 0 Å². The molecule has 6 heteroatoms. The van der Waals surface area contributed by atoms with E-state index in [9.17, 15) is 9.90 Å². The highest BCUT2D eigenvalue weighted by Crippen LogP contribution is 2.41. The van der Waals surface area contributed by atoms with Crippen LogP contribution < -0.4 is 10.5 Å². The number of aromatic hydroxyl groups is 1. The number of primary amides is 1. The Balaban J connectivity index is 2.16. The fourth-order valence-corrected chi connectivity index (χ4v) is 3.37. The molecule has 0 aliphatic carbocycles. The van der Waals surface area contributed by atoms with Crippen LogP contribution in [0, 0.1) is 0 Å². The quantitative estimate of drug-likeness (QED) is 0.692. The van der Waals surface area contributed by atoms with Crippen molar-refractivity contribution in [1.29, 1.82) is 0 Å². The third-order valence-corrected chi connectivity index (χ3v) is 4.54. The van der Waals surface area contributed by atoms with Crippen LogP contribution in [0.5, 0.6) is 11.5 Å². The van der Waals surface area contributed by atoms with Crippen LogP contribution in [0.2, 0.25) is 0 Å². The smallest absolute Gasteiger partial charge is 0.221 e. The van der Waals surface area contributed by atoms with Crippen LogP contribution in [0.15, 0.2) is 45.7 Å². The van der Waals surface area contributed by atoms with Gasteiger partial charge < -0.3 is 20.0 Å². The van der Waals surface area contributed by atoms with Crippen molar-refractivity contribution in [2.45, 2.75) is 11.3 Å². The Morgan fingerprint density at radius 2 is 2.08 bits per heavy atom. The fourth-order valence-electron chi connectivity index (χ4n) is 2.64. The third-order valence-electron chi connectivity index (χ3n) is 3.73. The highest BCUT2D eigenvalue weighted by Gasteiger charge is 2.17. The number of amides is 1. The zero-order valence-corrected chi connectivity index (χ0v) is 14.1. The van der Waals surface area contributed by atoms with Crippen molar-refractivity contribution in [1.82, 2.24) is 0 Å². The molecule has 1 heterocycles. The molecule has 3 N–H and O–H groups in total. The van der Waals surface area contributed by atoms with Crippen LogP contribution in [0.25, 0.3) is 22.3 Å². The maximum atomic E-state index is 11.1. The molecule has 0 spiro atoms. The van der Waals surface area contributed by atoms with Gasteiger partial charge in [0.2, 0.25) is 5.91 Å². The summed E-state index contributed by atoms with van der Waals surface area (Å²) in [6.45, 7) is 0. The van der Waals surface area contributed by atoms with E-state index in [1.165, 1.54) is 7.11 Å². The number of nitrogens with two attached hydrogens (primary N) is 1. The van der Waals surface area contributed by atoms with Gasteiger partial charge in [-0.3, -0.25) is 4.79 Å². The number of benzene rings is 2. The lowest BCUT2D eigenvalue weighted by Crippen LogP contribution is -2.13. The van der Waals surface area contributed by atoms with Gasteiger partial charge in [-0.1, -0.05) is 6.07 Å². The van der Waals surface area contributed by atoms with Crippen molar-refractivity contribution >= 4 is 28.6 Å². The highest BCUT2D eigenvalue weighted by molar-refractivity contribution is 7.99. The lowest BCUT2D eigenvalue weighted by atomic mass is 10.1. The SMILES string of the molecule is COc1cc(-c2oc3ccc(CC(N)=O)cc3c2SC)ccc1O. The molecule has 0 saturated carbocycles. The summed E-state index contributed by atoms with van der Waals surface area (Å²) in [5, 5.41) is 10.7. The minimum Gasteiger partial charge on any atom is -0.504 e. The second kappa shape index (κ2) is 6.49. The predicted octanol–water partition coefficient (Wildman–Crippen LogP) is 3.56. The number of carbonyl (C=O) groups is 1. The van der Waals surface area contributed by atoms with Crippen LogP contribution in [-0.4, -0.2) is 24.4 Å². The van der Waals surface area contributed by atoms with Gasteiger partial charge in [0, 0.05) is 10.9 Å². The molecule has 0 aliphatic heterocycles. The van der Waals surface area contributed by atoms with Crippen molar-refractivity contribution in [2.75, 3.05) is 13.4 Å². The van der Waals surface area contributed by atoms with E-state index in [1.54, 1.807) is 30.0 Å². The van der Waals surface area contributed by atoms with Gasteiger partial charge in [0.15, 0.2) is 11.5 Å². The van der Waals surface area contributed by atoms with E-state index in [4.69, 9.17) is 14.9 Å². The van der Waals surface area contributed by atoms with E-state index in [0.29, 0.717) is 11.5 Å². The molecular formula is C18H17NO4S. The Kier molecular flexibility index (Phi) is 4.40. The van der Waals surface area contributed by atoms with Crippen LogP contribution in [0.4, 0.5) is 0 Å². The van der Waals surface area contributed by atoms with E-state index in [0.717, 1.165) is 27.0 Å². The summed E-state index contributed by atoms with van der Waals surface area (Å²) < 4.78 is 11.2. The van der Waals surface area contributed by atoms with E-state index >= 15 is 0 Å². The van der Waals surface area contributed by atoms with Crippen LogP contribution in [0.1, 0.15) is 5.56 Å². The molecule has 0 radical (unpaired) electrons. The lowest BCUT2D eigenvalue weighted by molar-refractivity contribution is -0.117. The molecule has 2 aromatic carbocycles. The second-order valence-electron chi connectivity index (χ2n) is 5.32. The van der Waals surface area contributed by atoms with Crippen LogP contribution >= 0.6 is 11.8 Å². The number of phenolic OH excluding ortho intramolecular Hbond substituents is 1. The number of thioether (sulfide) groups is 1. The van der Waals surface area contributed by atoms with E-state index < -0.39 is 0 Å². The summed E-state index contributed by atoms with van der Waals surface area (Å²) in [4.78, 5) is 12.1. The Bertz CT molecular complexity index is 917. The molecule has 1 aromatic heterocycles. The number of ether oxygens (including phenoxy) is 1. The van der Waals surface area contributed by atoms with Crippen molar-refractivity contribution in [2.24, 2.45) is 5.73 Å². The molecule has 0 saturated heterocycles. The highest BCUT2D eigenvalue weighted by atomic mass is 32.2. The maximum absolute atomic E-state index is 11.1. The van der Waals surface area contributed by atoms with E-state index in [2.05, 4.69) is 0 Å². The monoisotopic (exact) mass is 343 g/mol. The van der Waals surface area contributed by atoms with Crippen LogP contribution in [0.3, 0.4) is 0 Å². The molecule has 0 aliphatic rings. The number of furan rings is 1. The standard InChI is InChI=1S/C18H17NO4S/c1-22-15-9-11(4-5-13(15)20)17-18(24-2)12-7-10(8-16(19)21)3-6-14(12)23-17/h3-7,9,20H,8H2,1-2H3,(H2,19,21). The lowest BCUT2D eigenvalue weighted by Gasteiger charge is -2.06. The van der Waals surface area contributed by atoms with Crippen LogP contribution in [-0.2, 0) is 11.2 Å². The summed E-state index contributed by atoms with van der Waals surface area (Å²) in [6, 6.07) is 10.7. The zero-order chi connectivity index (χ0) is 17.3. The van der Waals surface area contributed by atoms with Gasteiger partial charge in [0.1, 0.15) is 11.3 Å². The van der Waals surface area contributed by atoms with Crippen molar-refractivity contribution in [3.8, 4) is 22.8 Å². The number of carbonyl (C=O) groups excluding carboxylic acids is 1. The van der Waals surface area contributed by atoms with Crippen molar-refractivity contribution in [3.05, 3.63) is 42.0 Å². The Morgan fingerprint density at radius 1 is 1.29 bits per heavy atom. The fraction of sp³-hybridized carbons (Fsp3) is 0.167. The minimum atomic E-state index is -0.368. The largest absolute Gasteiger partial charge is 0.504 e. The number of hydrogen-bond acceptors (Lipinski definition) is 5. The van der Waals surface area contributed by atoms with Gasteiger partial charge in [-0.15, -0.1) is 11.8 Å². The van der Waals surface area contributed by atoms with Crippen molar-refractivity contribution in [3.63, 3.8) is 0 Å². The molecule has 124 valence electrons. The molecular weight excluding hydrogens is 326 g/mol. The molecule has 3 rings (SSSR count). The topological polar surface area (TPSA) is 85.7 Å². The Labute approximate surface area is 143 Å². The van der Waals surface area contributed by atoms with E-state index in [-0.39, 0.29) is 18.1 Å². The first-order valence-corrected chi connectivity index (χ1v) is 8.51. The van der Waals surface area contributed by atoms with E-state index in [1.807, 2.05) is 24.5 Å². The molecule has 0 bridgehead atoms. The normalized spacial score (nSPS) is 10.9. The number of fused-ring (bicyclic) bond motifs is 1. The zero-order valence-electron chi connectivity index (χ0n) is 13.3. The first-order chi connectivity index (χ1) is 11.5. The number of methoxy groups -OCH3 is 1. The van der Waals surface area contributed by atoms with Gasteiger partial charge in [-0.05, 0) is 42.2 Å². The molecule has 0 fully saturated rings. The van der Waals surface area contributed by atoms with Gasteiger partial charge in [-0.2, -0.15) is 0 Å². The maximum Gasteiger partial charge on any atom is 0.221 e. The molecule has 1 amide bonds. The van der Waals surface area contributed by atoms with Gasteiger partial charge in [0.25, 0.3) is 0 Å². The number of hydrogen-bond donors (Lipinski definition) is 2. The van der Waals surface area contributed by atoms with Gasteiger partial charge in [0.05, 0.1) is 18.4 Å². The Hall–Kier alpha value is -2.60. The average molecular weight is 343 g/mol. The first kappa shape index (κ1) is 16.3. The molecule has 0 unspecified atom stereocenters. The predicted molar refractivity (Wildman–Crippen MR) is 94.5 cm³/mol. The molecule has 24 heavy (non-hydrogen) atoms. The molecule has 0 atom stereocenters. The average Bonchev–Trinajstić information content (AvgIpc) is 2.92. The number of rotatable bonds is 5.